The molecule has 0 aliphatic heterocycles. The van der Waals surface area contributed by atoms with Crippen molar-refractivity contribution >= 4 is 34.8 Å². The van der Waals surface area contributed by atoms with E-state index in [2.05, 4.69) is 10.3 Å². The minimum atomic E-state index is -4.85. The van der Waals surface area contributed by atoms with Crippen LogP contribution in [0.4, 0.5) is 17.6 Å². The summed E-state index contributed by atoms with van der Waals surface area (Å²) in [6, 6.07) is 9.37. The van der Waals surface area contributed by atoms with Crippen LogP contribution in [0.25, 0.3) is 28.3 Å². The molecular weight excluding hydrogens is 469 g/mol. The summed E-state index contributed by atoms with van der Waals surface area (Å²) < 4.78 is 61.6. The van der Waals surface area contributed by atoms with Gasteiger partial charge in [-0.2, -0.15) is 18.3 Å². The minimum Gasteiger partial charge on any atom is -0.356 e. The van der Waals surface area contributed by atoms with Gasteiger partial charge in [0.1, 0.15) is 17.2 Å². The number of hydrogen-bond acceptors (Lipinski definition) is 3. The Bertz CT molecular complexity index is 1210. The molecule has 11 heteroatoms. The predicted molar refractivity (Wildman–Crippen MR) is 104 cm³/mol. The maximum atomic E-state index is 14.1. The van der Waals surface area contributed by atoms with Gasteiger partial charge in [0.2, 0.25) is 0 Å². The van der Waals surface area contributed by atoms with Crippen molar-refractivity contribution in [2.45, 2.75) is 6.18 Å². The van der Waals surface area contributed by atoms with Crippen LogP contribution >= 0.6 is 34.8 Å². The summed E-state index contributed by atoms with van der Waals surface area (Å²) in [6.07, 6.45) is -3.91. The normalized spacial score (nSPS) is 11.8. The molecule has 0 saturated heterocycles. The van der Waals surface area contributed by atoms with E-state index < -0.39 is 23.3 Å². The second-order valence-corrected chi connectivity index (χ2v) is 7.28. The van der Waals surface area contributed by atoms with Crippen LogP contribution in [-0.2, 0) is 6.18 Å². The first-order valence-electron chi connectivity index (χ1n) is 8.19. The van der Waals surface area contributed by atoms with E-state index in [1.54, 1.807) is 0 Å². The summed E-state index contributed by atoms with van der Waals surface area (Å²) in [5, 5.41) is 7.45. The standard InChI is InChI=1S/C19H8Cl3F4N3O/c20-10-3-2-6-13(23)16(10)14-7-15(30-28-14)9-8-27-29(18(9)19(24,25)26)17-11(21)4-1-5-12(17)22/h1-8H. The fourth-order valence-corrected chi connectivity index (χ4v) is 3.74. The van der Waals surface area contributed by atoms with Crippen LogP contribution in [0.15, 0.2) is 53.2 Å². The van der Waals surface area contributed by atoms with Gasteiger partial charge in [0.05, 0.1) is 32.4 Å². The van der Waals surface area contributed by atoms with E-state index in [1.165, 1.54) is 30.3 Å². The number of benzene rings is 2. The highest BCUT2D eigenvalue weighted by Crippen LogP contribution is 2.42. The molecule has 0 unspecified atom stereocenters. The Morgan fingerprint density at radius 2 is 1.57 bits per heavy atom. The van der Waals surface area contributed by atoms with Crippen LogP contribution in [0.2, 0.25) is 15.1 Å². The third kappa shape index (κ3) is 3.55. The van der Waals surface area contributed by atoms with E-state index in [0.29, 0.717) is 4.68 Å². The largest absolute Gasteiger partial charge is 0.434 e. The van der Waals surface area contributed by atoms with Crippen molar-refractivity contribution < 1.29 is 22.1 Å². The molecule has 154 valence electrons. The number of hydrogen-bond donors (Lipinski definition) is 0. The average molecular weight is 477 g/mol. The van der Waals surface area contributed by atoms with Crippen LogP contribution in [0.5, 0.6) is 0 Å². The summed E-state index contributed by atoms with van der Waals surface area (Å²) >= 11 is 18.1. The van der Waals surface area contributed by atoms with Crippen molar-refractivity contribution in [3.8, 4) is 28.3 Å². The molecule has 0 radical (unpaired) electrons. The maximum absolute atomic E-state index is 14.1. The van der Waals surface area contributed by atoms with Gasteiger partial charge in [-0.1, -0.05) is 52.1 Å². The van der Waals surface area contributed by atoms with Gasteiger partial charge in [-0.05, 0) is 24.3 Å². The van der Waals surface area contributed by atoms with E-state index >= 15 is 0 Å². The first kappa shape index (κ1) is 20.7. The zero-order chi connectivity index (χ0) is 21.6. The molecule has 2 aromatic heterocycles. The molecule has 0 saturated carbocycles. The lowest BCUT2D eigenvalue weighted by atomic mass is 10.1. The molecule has 4 rings (SSSR count). The van der Waals surface area contributed by atoms with Gasteiger partial charge in [0.15, 0.2) is 11.5 Å². The Morgan fingerprint density at radius 1 is 0.933 bits per heavy atom. The van der Waals surface area contributed by atoms with Gasteiger partial charge in [-0.3, -0.25) is 0 Å². The molecule has 4 nitrogen and oxygen atoms in total. The van der Waals surface area contributed by atoms with Crippen LogP contribution in [0.1, 0.15) is 5.69 Å². The van der Waals surface area contributed by atoms with Gasteiger partial charge in [0, 0.05) is 6.07 Å². The molecule has 0 N–H and O–H groups in total. The number of rotatable bonds is 3. The van der Waals surface area contributed by atoms with E-state index in [0.717, 1.165) is 18.3 Å². The number of alkyl halides is 3. The molecule has 4 aromatic rings. The average Bonchev–Trinajstić information content (AvgIpc) is 3.28. The molecule has 0 atom stereocenters. The van der Waals surface area contributed by atoms with Crippen molar-refractivity contribution in [3.63, 3.8) is 0 Å². The number of para-hydroxylation sites is 1. The van der Waals surface area contributed by atoms with Crippen molar-refractivity contribution in [1.29, 1.82) is 0 Å². The van der Waals surface area contributed by atoms with E-state index in [1.807, 2.05) is 0 Å². The molecular formula is C19H8Cl3F4N3O. The number of aromatic nitrogens is 3. The zero-order valence-electron chi connectivity index (χ0n) is 14.5. The molecule has 0 aliphatic rings. The fraction of sp³-hybridized carbons (Fsp3) is 0.0526. The summed E-state index contributed by atoms with van der Waals surface area (Å²) in [4.78, 5) is 0. The predicted octanol–water partition coefficient (Wildman–Crippen LogP) is 7.31. The Kier molecular flexibility index (Phi) is 5.25. The van der Waals surface area contributed by atoms with E-state index in [9.17, 15) is 17.6 Å². The highest BCUT2D eigenvalue weighted by Gasteiger charge is 2.40. The molecule has 0 spiro atoms. The zero-order valence-corrected chi connectivity index (χ0v) is 16.8. The lowest BCUT2D eigenvalue weighted by molar-refractivity contribution is -0.142. The second kappa shape index (κ2) is 7.61. The Labute approximate surface area is 181 Å². The van der Waals surface area contributed by atoms with E-state index in [4.69, 9.17) is 39.3 Å². The first-order valence-corrected chi connectivity index (χ1v) is 9.33. The van der Waals surface area contributed by atoms with Crippen molar-refractivity contribution in [3.05, 3.63) is 75.2 Å². The summed E-state index contributed by atoms with van der Waals surface area (Å²) in [7, 11) is 0. The van der Waals surface area contributed by atoms with Crippen molar-refractivity contribution in [2.24, 2.45) is 0 Å². The third-order valence-corrected chi connectivity index (χ3v) is 5.11. The molecule has 0 aliphatic carbocycles. The van der Waals surface area contributed by atoms with Crippen molar-refractivity contribution in [2.75, 3.05) is 0 Å². The van der Waals surface area contributed by atoms with Crippen LogP contribution in [-0.4, -0.2) is 14.9 Å². The van der Waals surface area contributed by atoms with Crippen molar-refractivity contribution in [1.82, 2.24) is 14.9 Å². The van der Waals surface area contributed by atoms with Crippen LogP contribution in [0, 0.1) is 5.82 Å². The maximum Gasteiger partial charge on any atom is 0.434 e. The highest BCUT2D eigenvalue weighted by atomic mass is 35.5. The lowest BCUT2D eigenvalue weighted by Crippen LogP contribution is -2.15. The quantitative estimate of drug-likeness (QED) is 0.291. The fourth-order valence-electron chi connectivity index (χ4n) is 2.92. The van der Waals surface area contributed by atoms with Crippen LogP contribution in [0.3, 0.4) is 0 Å². The number of nitrogens with zero attached hydrogens (tertiary/aromatic N) is 3. The van der Waals surface area contributed by atoms with E-state index in [-0.39, 0.29) is 37.8 Å². The Balaban J connectivity index is 1.90. The van der Waals surface area contributed by atoms with Gasteiger partial charge in [-0.25, -0.2) is 9.07 Å². The van der Waals surface area contributed by atoms with Crippen LogP contribution < -0.4 is 0 Å². The minimum absolute atomic E-state index is 0.0287. The first-order chi connectivity index (χ1) is 14.2. The Morgan fingerprint density at radius 3 is 2.20 bits per heavy atom. The number of halogens is 7. The van der Waals surface area contributed by atoms with Gasteiger partial charge in [-0.15, -0.1) is 0 Å². The third-order valence-electron chi connectivity index (χ3n) is 4.18. The SMILES string of the molecule is Fc1cccc(Cl)c1-c1cc(-c2cnn(-c3c(Cl)cccc3Cl)c2C(F)(F)F)on1. The van der Waals surface area contributed by atoms with Gasteiger partial charge in [0.25, 0.3) is 0 Å². The summed E-state index contributed by atoms with van der Waals surface area (Å²) in [5.74, 6) is -0.983. The molecule has 0 fully saturated rings. The molecule has 2 aromatic carbocycles. The molecule has 30 heavy (non-hydrogen) atoms. The highest BCUT2D eigenvalue weighted by molar-refractivity contribution is 6.37. The molecule has 2 heterocycles. The topological polar surface area (TPSA) is 43.9 Å². The lowest BCUT2D eigenvalue weighted by Gasteiger charge is -2.14. The summed E-state index contributed by atoms with van der Waals surface area (Å²) in [6.45, 7) is 0. The smallest absolute Gasteiger partial charge is 0.356 e. The second-order valence-electron chi connectivity index (χ2n) is 6.06. The summed E-state index contributed by atoms with van der Waals surface area (Å²) in [5.41, 5.74) is -1.91. The monoisotopic (exact) mass is 475 g/mol. The molecule has 0 bridgehead atoms. The van der Waals surface area contributed by atoms with Gasteiger partial charge >= 0.3 is 6.18 Å². The van der Waals surface area contributed by atoms with Gasteiger partial charge < -0.3 is 4.52 Å². The Hall–Kier alpha value is -2.55. The molecule has 0 amide bonds.